The molecular weight excluding hydrogens is 352 g/mol. The molecule has 2 rings (SSSR count). The van der Waals surface area contributed by atoms with Gasteiger partial charge in [0, 0.05) is 13.0 Å². The van der Waals surface area contributed by atoms with Crippen LogP contribution < -0.4 is 10.4 Å². The zero-order valence-electron chi connectivity index (χ0n) is 16.8. The molecule has 0 aliphatic rings. The molecule has 0 heterocycles. The van der Waals surface area contributed by atoms with Crippen LogP contribution >= 0.6 is 0 Å². The lowest BCUT2D eigenvalue weighted by Crippen LogP contribution is -2.66. The van der Waals surface area contributed by atoms with Crippen molar-refractivity contribution in [3.8, 4) is 0 Å². The van der Waals surface area contributed by atoms with Gasteiger partial charge in [-0.15, -0.1) is 0 Å². The lowest BCUT2D eigenvalue weighted by molar-refractivity contribution is -0.137. The molecule has 0 saturated heterocycles. The molecule has 0 unspecified atom stereocenters. The highest BCUT2D eigenvalue weighted by Crippen LogP contribution is 2.36. The van der Waals surface area contributed by atoms with Crippen molar-refractivity contribution in [3.63, 3.8) is 0 Å². The smallest absolute Gasteiger partial charge is 0.303 e. The van der Waals surface area contributed by atoms with E-state index in [9.17, 15) is 4.79 Å². The number of unbranched alkanes of at least 4 members (excludes halogenated alkanes) is 3. The second-order valence-corrected chi connectivity index (χ2v) is 12.4. The number of rotatable bonds is 10. The van der Waals surface area contributed by atoms with E-state index < -0.39 is 14.3 Å². The van der Waals surface area contributed by atoms with Crippen LogP contribution in [-0.2, 0) is 9.22 Å². The van der Waals surface area contributed by atoms with E-state index in [0.717, 1.165) is 25.7 Å². The van der Waals surface area contributed by atoms with Crippen LogP contribution in [0.2, 0.25) is 5.04 Å². The van der Waals surface area contributed by atoms with Crippen molar-refractivity contribution in [3.05, 3.63) is 60.7 Å². The molecule has 27 heavy (non-hydrogen) atoms. The summed E-state index contributed by atoms with van der Waals surface area (Å²) in [6.07, 6.45) is 3.91. The topological polar surface area (TPSA) is 46.5 Å². The van der Waals surface area contributed by atoms with Gasteiger partial charge in [-0.3, -0.25) is 4.79 Å². The Morgan fingerprint density at radius 1 is 0.852 bits per heavy atom. The molecule has 1 N–H and O–H groups in total. The Labute approximate surface area is 164 Å². The summed E-state index contributed by atoms with van der Waals surface area (Å²) in [5, 5.41) is 11.3. The fourth-order valence-corrected chi connectivity index (χ4v) is 8.32. The maximum absolute atomic E-state index is 10.6. The molecular formula is C23H32O3Si. The SMILES string of the molecule is CC(C)(C)[Si](OCCCCCCC(=O)O)(c1ccccc1)c1ccccc1. The molecule has 0 radical (unpaired) electrons. The molecule has 0 aliphatic carbocycles. The molecule has 3 nitrogen and oxygen atoms in total. The molecule has 2 aromatic rings. The third-order valence-corrected chi connectivity index (χ3v) is 10.1. The van der Waals surface area contributed by atoms with Crippen LogP contribution in [0.5, 0.6) is 0 Å². The first-order valence-electron chi connectivity index (χ1n) is 9.85. The zero-order chi connectivity index (χ0) is 19.8. The molecule has 0 aliphatic heterocycles. The minimum atomic E-state index is -2.43. The van der Waals surface area contributed by atoms with Crippen molar-refractivity contribution >= 4 is 24.7 Å². The summed E-state index contributed by atoms with van der Waals surface area (Å²) in [4.78, 5) is 10.6. The van der Waals surface area contributed by atoms with Crippen LogP contribution in [0.15, 0.2) is 60.7 Å². The van der Waals surface area contributed by atoms with Gasteiger partial charge in [-0.25, -0.2) is 0 Å². The lowest BCUT2D eigenvalue weighted by atomic mass is 10.1. The van der Waals surface area contributed by atoms with Crippen LogP contribution in [0, 0.1) is 0 Å². The van der Waals surface area contributed by atoms with Gasteiger partial charge in [0.15, 0.2) is 0 Å². The summed E-state index contributed by atoms with van der Waals surface area (Å²) in [7, 11) is -2.43. The first kappa shape index (κ1) is 21.4. The number of benzene rings is 2. The predicted molar refractivity (Wildman–Crippen MR) is 114 cm³/mol. The Morgan fingerprint density at radius 3 is 1.78 bits per heavy atom. The highest BCUT2D eigenvalue weighted by molar-refractivity contribution is 6.99. The summed E-state index contributed by atoms with van der Waals surface area (Å²) in [5.41, 5.74) is 0. The van der Waals surface area contributed by atoms with E-state index in [1.54, 1.807) is 0 Å². The van der Waals surface area contributed by atoms with Crippen molar-refractivity contribution < 1.29 is 14.3 Å². The van der Waals surface area contributed by atoms with Crippen LogP contribution in [-0.4, -0.2) is 26.0 Å². The van der Waals surface area contributed by atoms with Crippen LogP contribution in [0.1, 0.15) is 52.9 Å². The van der Waals surface area contributed by atoms with Crippen LogP contribution in [0.25, 0.3) is 0 Å². The molecule has 146 valence electrons. The van der Waals surface area contributed by atoms with Crippen LogP contribution in [0.3, 0.4) is 0 Å². The maximum atomic E-state index is 10.6. The van der Waals surface area contributed by atoms with Gasteiger partial charge >= 0.3 is 5.97 Å². The fourth-order valence-electron chi connectivity index (χ4n) is 3.72. The first-order valence-corrected chi connectivity index (χ1v) is 11.8. The largest absolute Gasteiger partial charge is 0.481 e. The number of carboxylic acid groups (broad SMARTS) is 1. The molecule has 4 heteroatoms. The molecule has 0 aromatic heterocycles. The van der Waals surface area contributed by atoms with E-state index in [2.05, 4.69) is 81.4 Å². The lowest BCUT2D eigenvalue weighted by Gasteiger charge is -2.43. The average molecular weight is 385 g/mol. The standard InChI is InChI=1S/C23H32O3Si/c1-23(2,3)27(20-14-8-6-9-15-20,21-16-10-7-11-17-21)26-19-13-5-4-12-18-22(24)25/h6-11,14-17H,4-5,12-13,18-19H2,1-3H3,(H,24,25). The summed E-state index contributed by atoms with van der Waals surface area (Å²) >= 11 is 0. The quantitative estimate of drug-likeness (QED) is 0.481. The average Bonchev–Trinajstić information content (AvgIpc) is 2.64. The zero-order valence-corrected chi connectivity index (χ0v) is 17.8. The fraction of sp³-hybridized carbons (Fsp3) is 0.435. The van der Waals surface area contributed by atoms with Crippen molar-refractivity contribution in [2.75, 3.05) is 6.61 Å². The molecule has 0 atom stereocenters. The summed E-state index contributed by atoms with van der Waals surface area (Å²) in [5.74, 6) is -0.710. The van der Waals surface area contributed by atoms with Crippen molar-refractivity contribution in [2.45, 2.75) is 57.9 Å². The number of hydrogen-bond donors (Lipinski definition) is 1. The van der Waals surface area contributed by atoms with Gasteiger partial charge in [0.1, 0.15) is 0 Å². The Balaban J connectivity index is 2.19. The third-order valence-electron chi connectivity index (χ3n) is 5.02. The van der Waals surface area contributed by atoms with Gasteiger partial charge < -0.3 is 9.53 Å². The van der Waals surface area contributed by atoms with E-state index in [1.807, 2.05) is 0 Å². The van der Waals surface area contributed by atoms with Gasteiger partial charge in [0.05, 0.1) is 0 Å². The summed E-state index contributed by atoms with van der Waals surface area (Å²) in [6.45, 7) is 7.56. The van der Waals surface area contributed by atoms with E-state index in [1.165, 1.54) is 10.4 Å². The van der Waals surface area contributed by atoms with Crippen molar-refractivity contribution in [2.24, 2.45) is 0 Å². The monoisotopic (exact) mass is 384 g/mol. The Bertz CT molecular complexity index is 653. The number of hydrogen-bond acceptors (Lipinski definition) is 2. The van der Waals surface area contributed by atoms with Gasteiger partial charge in [-0.2, -0.15) is 0 Å². The van der Waals surface area contributed by atoms with Crippen molar-refractivity contribution in [1.82, 2.24) is 0 Å². The van der Waals surface area contributed by atoms with Gasteiger partial charge in [-0.05, 0) is 28.3 Å². The van der Waals surface area contributed by atoms with Crippen molar-refractivity contribution in [1.29, 1.82) is 0 Å². The Kier molecular flexibility index (Phi) is 7.81. The summed E-state index contributed by atoms with van der Waals surface area (Å²) in [6, 6.07) is 21.3. The minimum absolute atomic E-state index is 0.000978. The normalized spacial score (nSPS) is 12.1. The number of carbonyl (C=O) groups is 1. The minimum Gasteiger partial charge on any atom is -0.481 e. The van der Waals surface area contributed by atoms with Gasteiger partial charge in [-0.1, -0.05) is 94.3 Å². The number of aliphatic carboxylic acids is 1. The predicted octanol–water partition coefficient (Wildman–Crippen LogP) is 4.60. The highest BCUT2D eigenvalue weighted by atomic mass is 28.4. The first-order chi connectivity index (χ1) is 12.9. The van der Waals surface area contributed by atoms with Gasteiger partial charge in [0.25, 0.3) is 8.32 Å². The molecule has 0 spiro atoms. The highest BCUT2D eigenvalue weighted by Gasteiger charge is 2.49. The number of carboxylic acids is 1. The van der Waals surface area contributed by atoms with E-state index >= 15 is 0 Å². The second-order valence-electron chi connectivity index (χ2n) is 8.07. The third kappa shape index (κ3) is 5.53. The van der Waals surface area contributed by atoms with Crippen LogP contribution in [0.4, 0.5) is 0 Å². The molecule has 0 fully saturated rings. The molecule has 0 bridgehead atoms. The van der Waals surface area contributed by atoms with E-state index in [0.29, 0.717) is 6.61 Å². The summed E-state index contributed by atoms with van der Waals surface area (Å²) < 4.78 is 6.82. The Morgan fingerprint density at radius 2 is 1.33 bits per heavy atom. The molecule has 2 aromatic carbocycles. The second kappa shape index (κ2) is 9.86. The maximum Gasteiger partial charge on any atom is 0.303 e. The molecule has 0 amide bonds. The Hall–Kier alpha value is -1.91. The van der Waals surface area contributed by atoms with Gasteiger partial charge in [0.2, 0.25) is 0 Å². The van der Waals surface area contributed by atoms with E-state index in [-0.39, 0.29) is 11.5 Å². The molecule has 0 saturated carbocycles. The van der Waals surface area contributed by atoms with E-state index in [4.69, 9.17) is 9.53 Å².